The molecule has 144 valence electrons. The van der Waals surface area contributed by atoms with Crippen molar-refractivity contribution in [3.05, 3.63) is 65.2 Å². The molecule has 1 aliphatic rings. The van der Waals surface area contributed by atoms with E-state index in [1.807, 2.05) is 24.3 Å². The Morgan fingerprint density at radius 2 is 1.75 bits per heavy atom. The molecular weight excluding hydrogens is 362 g/mol. The van der Waals surface area contributed by atoms with Crippen LogP contribution in [0.15, 0.2) is 54.1 Å². The predicted molar refractivity (Wildman–Crippen MR) is 102 cm³/mol. The summed E-state index contributed by atoms with van der Waals surface area (Å²) >= 11 is 0. The van der Waals surface area contributed by atoms with Gasteiger partial charge in [-0.05, 0) is 43.3 Å². The molecule has 0 spiro atoms. The number of nitrogens with one attached hydrogen (secondary N) is 1. The number of amides is 1. The summed E-state index contributed by atoms with van der Waals surface area (Å²) in [6, 6.07) is 13.6. The van der Waals surface area contributed by atoms with E-state index in [1.54, 1.807) is 37.3 Å². The zero-order valence-electron chi connectivity index (χ0n) is 15.3. The first-order valence-electron chi connectivity index (χ1n) is 8.73. The van der Waals surface area contributed by atoms with Gasteiger partial charge < -0.3 is 19.5 Å². The van der Waals surface area contributed by atoms with Crippen molar-refractivity contribution in [3.63, 3.8) is 0 Å². The SMILES string of the molecule is CCOC(=O)c1ccc(NC(=O)COC(=O)C2=Cc3ccccc3OC2)cc1. The fourth-order valence-corrected chi connectivity index (χ4v) is 2.56. The average Bonchev–Trinajstić information content (AvgIpc) is 2.72. The summed E-state index contributed by atoms with van der Waals surface area (Å²) in [6.45, 7) is 1.67. The van der Waals surface area contributed by atoms with E-state index in [0.717, 1.165) is 5.56 Å². The fraction of sp³-hybridized carbons (Fsp3) is 0.190. The van der Waals surface area contributed by atoms with Crippen LogP contribution in [0.3, 0.4) is 0 Å². The van der Waals surface area contributed by atoms with Gasteiger partial charge in [0.25, 0.3) is 5.91 Å². The summed E-state index contributed by atoms with van der Waals surface area (Å²) in [5.74, 6) is -0.834. The minimum Gasteiger partial charge on any atom is -0.488 e. The number of hydrogen-bond acceptors (Lipinski definition) is 6. The Balaban J connectivity index is 1.51. The first kappa shape index (κ1) is 19.2. The summed E-state index contributed by atoms with van der Waals surface area (Å²) in [4.78, 5) is 35.7. The van der Waals surface area contributed by atoms with Crippen LogP contribution < -0.4 is 10.1 Å². The lowest BCUT2D eigenvalue weighted by atomic mass is 10.1. The molecule has 7 heteroatoms. The van der Waals surface area contributed by atoms with Gasteiger partial charge >= 0.3 is 11.9 Å². The number of ether oxygens (including phenoxy) is 3. The zero-order valence-corrected chi connectivity index (χ0v) is 15.3. The third kappa shape index (κ3) is 4.76. The van der Waals surface area contributed by atoms with Crippen molar-refractivity contribution in [1.29, 1.82) is 0 Å². The van der Waals surface area contributed by atoms with E-state index in [0.29, 0.717) is 22.6 Å². The number of esters is 2. The molecule has 0 atom stereocenters. The monoisotopic (exact) mass is 381 g/mol. The lowest BCUT2D eigenvalue weighted by molar-refractivity contribution is -0.143. The minimum absolute atomic E-state index is 0.0901. The van der Waals surface area contributed by atoms with Crippen LogP contribution in [0, 0.1) is 0 Å². The zero-order chi connectivity index (χ0) is 19.9. The first-order chi connectivity index (χ1) is 13.6. The summed E-state index contributed by atoms with van der Waals surface area (Å²) in [5.41, 5.74) is 1.98. The topological polar surface area (TPSA) is 90.9 Å². The molecule has 0 fully saturated rings. The Hall–Kier alpha value is -3.61. The van der Waals surface area contributed by atoms with Crippen molar-refractivity contribution in [2.75, 3.05) is 25.1 Å². The van der Waals surface area contributed by atoms with Crippen LogP contribution in [0.25, 0.3) is 6.08 Å². The van der Waals surface area contributed by atoms with Crippen LogP contribution >= 0.6 is 0 Å². The normalized spacial score (nSPS) is 12.1. The number of carbonyl (C=O) groups is 3. The smallest absolute Gasteiger partial charge is 0.338 e. The maximum atomic E-state index is 12.1. The van der Waals surface area contributed by atoms with E-state index in [2.05, 4.69) is 5.32 Å². The molecule has 7 nitrogen and oxygen atoms in total. The summed E-state index contributed by atoms with van der Waals surface area (Å²) in [7, 11) is 0. The van der Waals surface area contributed by atoms with Crippen molar-refractivity contribution in [1.82, 2.24) is 0 Å². The largest absolute Gasteiger partial charge is 0.488 e. The maximum absolute atomic E-state index is 12.1. The number of fused-ring (bicyclic) bond motifs is 1. The van der Waals surface area contributed by atoms with Gasteiger partial charge in [0.2, 0.25) is 0 Å². The first-order valence-corrected chi connectivity index (χ1v) is 8.73. The molecule has 0 saturated heterocycles. The molecule has 1 aliphatic heterocycles. The second kappa shape index (κ2) is 8.85. The Morgan fingerprint density at radius 3 is 2.50 bits per heavy atom. The van der Waals surface area contributed by atoms with Crippen molar-refractivity contribution in [2.24, 2.45) is 0 Å². The van der Waals surface area contributed by atoms with E-state index in [4.69, 9.17) is 14.2 Å². The van der Waals surface area contributed by atoms with Gasteiger partial charge in [-0.3, -0.25) is 4.79 Å². The molecule has 0 saturated carbocycles. The molecular formula is C21H19NO6. The van der Waals surface area contributed by atoms with Crippen molar-refractivity contribution in [3.8, 4) is 5.75 Å². The predicted octanol–water partition coefficient (Wildman–Crippen LogP) is 2.82. The molecule has 2 aromatic rings. The molecule has 0 unspecified atom stereocenters. The van der Waals surface area contributed by atoms with Gasteiger partial charge in [-0.1, -0.05) is 18.2 Å². The lowest BCUT2D eigenvalue weighted by Gasteiger charge is -2.16. The van der Waals surface area contributed by atoms with Crippen LogP contribution in [0.1, 0.15) is 22.8 Å². The quantitative estimate of drug-likeness (QED) is 0.774. The van der Waals surface area contributed by atoms with E-state index in [1.165, 1.54) is 0 Å². The lowest BCUT2D eigenvalue weighted by Crippen LogP contribution is -2.23. The molecule has 1 N–H and O–H groups in total. The molecule has 0 aromatic heterocycles. The van der Waals surface area contributed by atoms with Gasteiger partial charge in [0.15, 0.2) is 6.61 Å². The van der Waals surface area contributed by atoms with Crippen molar-refractivity contribution in [2.45, 2.75) is 6.92 Å². The van der Waals surface area contributed by atoms with E-state index < -0.39 is 24.5 Å². The second-order valence-electron chi connectivity index (χ2n) is 5.92. The van der Waals surface area contributed by atoms with E-state index >= 15 is 0 Å². The Bertz CT molecular complexity index is 917. The summed E-state index contributed by atoms with van der Waals surface area (Å²) < 4.78 is 15.4. The Labute approximate surface area is 161 Å². The van der Waals surface area contributed by atoms with Crippen molar-refractivity contribution < 1.29 is 28.6 Å². The molecule has 3 rings (SSSR count). The minimum atomic E-state index is -0.609. The number of benzene rings is 2. The highest BCUT2D eigenvalue weighted by Crippen LogP contribution is 2.26. The summed E-state index contributed by atoms with van der Waals surface area (Å²) in [6.07, 6.45) is 1.69. The van der Waals surface area contributed by atoms with E-state index in [9.17, 15) is 14.4 Å². The molecule has 2 aromatic carbocycles. The van der Waals surface area contributed by atoms with Gasteiger partial charge in [-0.25, -0.2) is 9.59 Å². The van der Waals surface area contributed by atoms with Crippen LogP contribution in [0.2, 0.25) is 0 Å². The van der Waals surface area contributed by atoms with E-state index in [-0.39, 0.29) is 13.2 Å². The number of carbonyl (C=O) groups excluding carboxylic acids is 3. The molecule has 0 radical (unpaired) electrons. The molecule has 1 heterocycles. The van der Waals surface area contributed by atoms with Gasteiger partial charge in [-0.2, -0.15) is 0 Å². The van der Waals surface area contributed by atoms with Crippen molar-refractivity contribution >= 4 is 29.6 Å². The van der Waals surface area contributed by atoms with Crippen LogP contribution in [0.4, 0.5) is 5.69 Å². The highest BCUT2D eigenvalue weighted by Gasteiger charge is 2.19. The molecule has 0 aliphatic carbocycles. The number of hydrogen-bond donors (Lipinski definition) is 1. The third-order valence-electron chi connectivity index (χ3n) is 3.91. The number of rotatable bonds is 6. The number of anilines is 1. The highest BCUT2D eigenvalue weighted by atomic mass is 16.5. The standard InChI is InChI=1S/C21H19NO6/c1-2-26-20(24)14-7-9-17(10-8-14)22-19(23)13-28-21(25)16-11-15-5-3-4-6-18(15)27-12-16/h3-11H,2,12-13H2,1H3,(H,22,23). The van der Waals surface area contributed by atoms with Crippen LogP contribution in [0.5, 0.6) is 5.75 Å². The Kier molecular flexibility index (Phi) is 6.06. The van der Waals surface area contributed by atoms with Gasteiger partial charge in [-0.15, -0.1) is 0 Å². The van der Waals surface area contributed by atoms with Crippen LogP contribution in [-0.2, 0) is 19.1 Å². The average molecular weight is 381 g/mol. The van der Waals surface area contributed by atoms with Gasteiger partial charge in [0.05, 0.1) is 17.7 Å². The third-order valence-corrected chi connectivity index (χ3v) is 3.91. The number of para-hydroxylation sites is 1. The second-order valence-corrected chi connectivity index (χ2v) is 5.92. The summed E-state index contributed by atoms with van der Waals surface area (Å²) in [5, 5.41) is 2.60. The van der Waals surface area contributed by atoms with Gasteiger partial charge in [0.1, 0.15) is 12.4 Å². The molecule has 28 heavy (non-hydrogen) atoms. The highest BCUT2D eigenvalue weighted by molar-refractivity contribution is 5.98. The Morgan fingerprint density at radius 1 is 1.00 bits per heavy atom. The van der Waals surface area contributed by atoms with Crippen LogP contribution in [-0.4, -0.2) is 37.7 Å². The maximum Gasteiger partial charge on any atom is 0.338 e. The molecule has 0 bridgehead atoms. The fourth-order valence-electron chi connectivity index (χ4n) is 2.56. The van der Waals surface area contributed by atoms with Gasteiger partial charge in [0, 0.05) is 11.3 Å². The molecule has 1 amide bonds.